The molecule has 4 heteroatoms. The minimum Gasteiger partial charge on any atom is -0.487 e. The molecule has 0 bridgehead atoms. The monoisotopic (exact) mass is 236 g/mol. The molecule has 0 amide bonds. The van der Waals surface area contributed by atoms with Crippen LogP contribution in [0.3, 0.4) is 0 Å². The highest BCUT2D eigenvalue weighted by molar-refractivity contribution is 5.79. The van der Waals surface area contributed by atoms with Crippen LogP contribution in [-0.4, -0.2) is 45.7 Å². The van der Waals surface area contributed by atoms with Crippen LogP contribution in [0.4, 0.5) is 0 Å². The summed E-state index contributed by atoms with van der Waals surface area (Å²) in [7, 11) is 0. The second-order valence-electron chi connectivity index (χ2n) is 4.12. The topological polar surface area (TPSA) is 40.0 Å². The van der Waals surface area contributed by atoms with Gasteiger partial charge in [0.15, 0.2) is 6.29 Å². The van der Waals surface area contributed by atoms with E-state index in [9.17, 15) is 4.79 Å². The number of hydrogen-bond acceptors (Lipinski definition) is 3. The van der Waals surface area contributed by atoms with Crippen LogP contribution in [0.2, 0.25) is 0 Å². The molecule has 0 radical (unpaired) electrons. The van der Waals surface area contributed by atoms with E-state index in [2.05, 4.69) is 0 Å². The molecule has 1 aliphatic rings. The minimum atomic E-state index is 0.615. The fraction of sp³-hybridized carbons (Fsp3) is 0.462. The number of ether oxygens (including phenoxy) is 2. The molecule has 0 unspecified atom stereocenters. The number of carbonyl (C=O) groups is 1. The van der Waals surface area contributed by atoms with Gasteiger partial charge in [-0.3, -0.25) is 4.79 Å². The van der Waals surface area contributed by atoms with E-state index >= 15 is 0 Å². The fourth-order valence-electron chi connectivity index (χ4n) is 1.92. The van der Waals surface area contributed by atoms with Gasteiger partial charge in [-0.2, -0.15) is 0 Å². The zero-order valence-corrected chi connectivity index (χ0v) is 9.85. The van der Waals surface area contributed by atoms with E-state index in [0.717, 1.165) is 39.1 Å². The maximum absolute atomic E-state index is 10.8. The SMILES string of the molecule is O=Cc1ccccc1OCC[NH+]1CCOCC1. The summed E-state index contributed by atoms with van der Waals surface area (Å²) in [4.78, 5) is 12.3. The normalized spacial score (nSPS) is 16.7. The van der Waals surface area contributed by atoms with Gasteiger partial charge in [-0.1, -0.05) is 12.1 Å². The Labute approximate surface area is 101 Å². The van der Waals surface area contributed by atoms with Gasteiger partial charge in [0.25, 0.3) is 0 Å². The van der Waals surface area contributed by atoms with Gasteiger partial charge in [-0.15, -0.1) is 0 Å². The first-order chi connectivity index (χ1) is 8.40. The van der Waals surface area contributed by atoms with Crippen molar-refractivity contribution in [3.63, 3.8) is 0 Å². The summed E-state index contributed by atoms with van der Waals surface area (Å²) in [6.07, 6.45) is 0.830. The lowest BCUT2D eigenvalue weighted by molar-refractivity contribution is -0.908. The molecule has 1 aliphatic heterocycles. The summed E-state index contributed by atoms with van der Waals surface area (Å²) in [6, 6.07) is 7.32. The van der Waals surface area contributed by atoms with E-state index in [0.29, 0.717) is 17.9 Å². The van der Waals surface area contributed by atoms with E-state index in [1.165, 1.54) is 4.90 Å². The predicted octanol–water partition coefficient (Wildman–Crippen LogP) is -0.207. The van der Waals surface area contributed by atoms with Gasteiger partial charge in [-0.25, -0.2) is 0 Å². The first-order valence-electron chi connectivity index (χ1n) is 5.98. The third-order valence-corrected chi connectivity index (χ3v) is 2.96. The van der Waals surface area contributed by atoms with Gasteiger partial charge < -0.3 is 14.4 Å². The van der Waals surface area contributed by atoms with E-state index < -0.39 is 0 Å². The molecule has 0 saturated carbocycles. The van der Waals surface area contributed by atoms with Crippen molar-refractivity contribution in [2.75, 3.05) is 39.5 Å². The van der Waals surface area contributed by atoms with E-state index in [1.54, 1.807) is 6.07 Å². The molecule has 1 saturated heterocycles. The van der Waals surface area contributed by atoms with Crippen molar-refractivity contribution in [3.05, 3.63) is 29.8 Å². The van der Waals surface area contributed by atoms with Crippen molar-refractivity contribution < 1.29 is 19.2 Å². The van der Waals surface area contributed by atoms with Gasteiger partial charge in [0.1, 0.15) is 32.0 Å². The quantitative estimate of drug-likeness (QED) is 0.719. The van der Waals surface area contributed by atoms with Crippen molar-refractivity contribution in [3.8, 4) is 5.75 Å². The number of quaternary nitrogens is 1. The number of benzene rings is 1. The average molecular weight is 236 g/mol. The van der Waals surface area contributed by atoms with Crippen LogP contribution in [0.1, 0.15) is 10.4 Å². The van der Waals surface area contributed by atoms with Gasteiger partial charge in [0.2, 0.25) is 0 Å². The lowest BCUT2D eigenvalue weighted by atomic mass is 10.2. The molecular formula is C13H18NO3+. The van der Waals surface area contributed by atoms with Crippen LogP contribution in [0.5, 0.6) is 5.75 Å². The standard InChI is InChI=1S/C13H17NO3/c15-11-12-3-1-2-4-13(12)17-10-7-14-5-8-16-9-6-14/h1-4,11H,5-10H2/p+1. The molecule has 0 spiro atoms. The maximum Gasteiger partial charge on any atom is 0.153 e. The van der Waals surface area contributed by atoms with Crippen LogP contribution in [0.15, 0.2) is 24.3 Å². The highest BCUT2D eigenvalue weighted by Gasteiger charge is 2.13. The molecule has 0 atom stereocenters. The van der Waals surface area contributed by atoms with Crippen LogP contribution in [0, 0.1) is 0 Å². The molecule has 92 valence electrons. The summed E-state index contributed by atoms with van der Waals surface area (Å²) >= 11 is 0. The summed E-state index contributed by atoms with van der Waals surface area (Å²) in [5.41, 5.74) is 0.615. The fourth-order valence-corrected chi connectivity index (χ4v) is 1.92. The van der Waals surface area contributed by atoms with Crippen LogP contribution >= 0.6 is 0 Å². The molecule has 2 rings (SSSR count). The third-order valence-electron chi connectivity index (χ3n) is 2.96. The maximum atomic E-state index is 10.8. The first kappa shape index (κ1) is 12.1. The van der Waals surface area contributed by atoms with E-state index in [-0.39, 0.29) is 0 Å². The summed E-state index contributed by atoms with van der Waals surface area (Å²) < 4.78 is 10.9. The number of morpholine rings is 1. The predicted molar refractivity (Wildman–Crippen MR) is 63.7 cm³/mol. The Morgan fingerprint density at radius 3 is 2.82 bits per heavy atom. The molecule has 1 fully saturated rings. The van der Waals surface area contributed by atoms with Crippen molar-refractivity contribution in [2.24, 2.45) is 0 Å². The molecule has 1 N–H and O–H groups in total. The second kappa shape index (κ2) is 6.37. The van der Waals surface area contributed by atoms with Gasteiger partial charge in [0.05, 0.1) is 18.8 Å². The molecule has 0 aromatic heterocycles. The number of aldehydes is 1. The highest BCUT2D eigenvalue weighted by atomic mass is 16.5. The molecule has 1 heterocycles. The third kappa shape index (κ3) is 3.54. The van der Waals surface area contributed by atoms with E-state index in [4.69, 9.17) is 9.47 Å². The van der Waals surface area contributed by atoms with Gasteiger partial charge >= 0.3 is 0 Å². The van der Waals surface area contributed by atoms with Crippen molar-refractivity contribution >= 4 is 6.29 Å². The molecule has 17 heavy (non-hydrogen) atoms. The summed E-state index contributed by atoms with van der Waals surface area (Å²) in [5, 5.41) is 0. The summed E-state index contributed by atoms with van der Waals surface area (Å²) in [5.74, 6) is 0.676. The van der Waals surface area contributed by atoms with Crippen LogP contribution in [-0.2, 0) is 4.74 Å². The number of hydrogen-bond donors (Lipinski definition) is 1. The zero-order chi connectivity index (χ0) is 11.9. The molecule has 0 aliphatic carbocycles. The van der Waals surface area contributed by atoms with Gasteiger partial charge in [-0.05, 0) is 12.1 Å². The Kier molecular flexibility index (Phi) is 4.53. The lowest BCUT2D eigenvalue weighted by Gasteiger charge is -2.23. The Bertz CT molecular complexity index is 361. The Morgan fingerprint density at radius 1 is 1.29 bits per heavy atom. The Hall–Kier alpha value is -1.39. The molecule has 1 aromatic rings. The van der Waals surface area contributed by atoms with Crippen LogP contribution < -0.4 is 9.64 Å². The molecular weight excluding hydrogens is 218 g/mol. The average Bonchev–Trinajstić information content (AvgIpc) is 2.40. The number of para-hydroxylation sites is 1. The summed E-state index contributed by atoms with van der Waals surface area (Å²) in [6.45, 7) is 5.34. The van der Waals surface area contributed by atoms with Crippen molar-refractivity contribution in [2.45, 2.75) is 0 Å². The van der Waals surface area contributed by atoms with Crippen molar-refractivity contribution in [1.29, 1.82) is 0 Å². The van der Waals surface area contributed by atoms with E-state index in [1.807, 2.05) is 18.2 Å². The van der Waals surface area contributed by atoms with Gasteiger partial charge in [0, 0.05) is 0 Å². The molecule has 1 aromatic carbocycles. The second-order valence-corrected chi connectivity index (χ2v) is 4.12. The highest BCUT2D eigenvalue weighted by Crippen LogP contribution is 2.14. The first-order valence-corrected chi connectivity index (χ1v) is 5.98. The number of rotatable bonds is 5. The number of carbonyl (C=O) groups excluding carboxylic acids is 1. The Balaban J connectivity index is 1.79. The largest absolute Gasteiger partial charge is 0.487 e. The molecule has 4 nitrogen and oxygen atoms in total. The zero-order valence-electron chi connectivity index (χ0n) is 9.85. The minimum absolute atomic E-state index is 0.615. The lowest BCUT2D eigenvalue weighted by Crippen LogP contribution is -3.14. The smallest absolute Gasteiger partial charge is 0.153 e. The Morgan fingerprint density at radius 2 is 2.06 bits per heavy atom. The number of nitrogens with one attached hydrogen (secondary N) is 1. The van der Waals surface area contributed by atoms with Crippen LogP contribution in [0.25, 0.3) is 0 Å². The van der Waals surface area contributed by atoms with Crippen molar-refractivity contribution in [1.82, 2.24) is 0 Å².